The van der Waals surface area contributed by atoms with E-state index in [4.69, 9.17) is 10.3 Å². The summed E-state index contributed by atoms with van der Waals surface area (Å²) in [4.78, 5) is -0.205. The van der Waals surface area contributed by atoms with Crippen LogP contribution in [0.4, 0.5) is 5.69 Å². The van der Waals surface area contributed by atoms with Crippen LogP contribution in [0.2, 0.25) is 0 Å². The minimum absolute atomic E-state index is 0.205. The highest BCUT2D eigenvalue weighted by molar-refractivity contribution is 9.10. The smallest absolute Gasteiger partial charge is 0.294 e. The number of halogens is 1. The normalized spacial score (nSPS) is 11.5. The van der Waals surface area contributed by atoms with E-state index >= 15 is 0 Å². The number of rotatable bonds is 1. The molecule has 6 heteroatoms. The van der Waals surface area contributed by atoms with Crippen LogP contribution in [-0.2, 0) is 10.1 Å². The van der Waals surface area contributed by atoms with Crippen LogP contribution in [0, 0.1) is 0 Å². The molecule has 12 heavy (non-hydrogen) atoms. The fraction of sp³-hybridized carbons (Fsp3) is 0. The molecule has 4 nitrogen and oxygen atoms in total. The summed E-state index contributed by atoms with van der Waals surface area (Å²) in [5, 5.41) is 0. The van der Waals surface area contributed by atoms with Crippen molar-refractivity contribution in [3.63, 3.8) is 0 Å². The molecule has 0 heterocycles. The second-order valence-corrected chi connectivity index (χ2v) is 4.43. The first-order valence-corrected chi connectivity index (χ1v) is 5.17. The van der Waals surface area contributed by atoms with E-state index in [-0.39, 0.29) is 10.6 Å². The van der Waals surface area contributed by atoms with Crippen molar-refractivity contribution in [3.8, 4) is 0 Å². The van der Waals surface area contributed by atoms with Crippen molar-refractivity contribution in [1.29, 1.82) is 0 Å². The summed E-state index contributed by atoms with van der Waals surface area (Å²) in [5.74, 6) is 0. The average molecular weight is 252 g/mol. The molecule has 66 valence electrons. The van der Waals surface area contributed by atoms with E-state index in [0.717, 1.165) is 0 Å². The van der Waals surface area contributed by atoms with Crippen molar-refractivity contribution in [1.82, 2.24) is 0 Å². The molecule has 3 N–H and O–H groups in total. The van der Waals surface area contributed by atoms with Gasteiger partial charge in [-0.25, -0.2) is 0 Å². The van der Waals surface area contributed by atoms with Gasteiger partial charge >= 0.3 is 0 Å². The first-order valence-electron chi connectivity index (χ1n) is 2.94. The van der Waals surface area contributed by atoms with Gasteiger partial charge in [-0.15, -0.1) is 0 Å². The highest BCUT2D eigenvalue weighted by Crippen LogP contribution is 2.22. The van der Waals surface area contributed by atoms with Gasteiger partial charge in [-0.05, 0) is 34.1 Å². The molecule has 0 aromatic heterocycles. The Morgan fingerprint density at radius 3 is 2.42 bits per heavy atom. The molecular formula is C6H6BrNO3S. The predicted octanol–water partition coefficient (Wildman–Crippen LogP) is 1.28. The fourth-order valence-electron chi connectivity index (χ4n) is 0.682. The van der Waals surface area contributed by atoms with Gasteiger partial charge in [-0.3, -0.25) is 4.55 Å². The monoisotopic (exact) mass is 251 g/mol. The number of anilines is 1. The maximum Gasteiger partial charge on any atom is 0.294 e. The third-order valence-electron chi connectivity index (χ3n) is 1.27. The molecule has 0 unspecified atom stereocenters. The Morgan fingerprint density at radius 2 is 2.00 bits per heavy atom. The summed E-state index contributed by atoms with van der Waals surface area (Å²) in [6, 6.07) is 3.90. The molecule has 0 bridgehead atoms. The second-order valence-electron chi connectivity index (χ2n) is 2.16. The molecule has 0 aliphatic heterocycles. The molecule has 0 aliphatic carbocycles. The Morgan fingerprint density at radius 1 is 1.42 bits per heavy atom. The lowest BCUT2D eigenvalue weighted by Crippen LogP contribution is -1.99. The molecule has 0 aliphatic rings. The summed E-state index contributed by atoms with van der Waals surface area (Å²) in [6.45, 7) is 0. The van der Waals surface area contributed by atoms with Gasteiger partial charge in [0.05, 0.1) is 4.90 Å². The lowest BCUT2D eigenvalue weighted by molar-refractivity contribution is 0.483. The van der Waals surface area contributed by atoms with Gasteiger partial charge in [0.1, 0.15) is 0 Å². The van der Waals surface area contributed by atoms with Crippen molar-refractivity contribution < 1.29 is 13.0 Å². The van der Waals surface area contributed by atoms with Gasteiger partial charge in [-0.2, -0.15) is 8.42 Å². The number of nitrogen functional groups attached to an aromatic ring is 1. The van der Waals surface area contributed by atoms with Crippen LogP contribution in [0.15, 0.2) is 27.6 Å². The minimum Gasteiger partial charge on any atom is -0.398 e. The van der Waals surface area contributed by atoms with Gasteiger partial charge in [0.2, 0.25) is 0 Å². The van der Waals surface area contributed by atoms with Crippen LogP contribution in [0.1, 0.15) is 0 Å². The zero-order valence-electron chi connectivity index (χ0n) is 5.86. The summed E-state index contributed by atoms with van der Waals surface area (Å²) >= 11 is 3.09. The third-order valence-corrected chi connectivity index (χ3v) is 2.84. The molecule has 1 aromatic carbocycles. The summed E-state index contributed by atoms with van der Waals surface area (Å²) in [6.07, 6.45) is 0. The van der Waals surface area contributed by atoms with Gasteiger partial charge in [0.25, 0.3) is 10.1 Å². The number of benzene rings is 1. The Balaban J connectivity index is 3.33. The van der Waals surface area contributed by atoms with Crippen molar-refractivity contribution in [2.45, 2.75) is 4.90 Å². The van der Waals surface area contributed by atoms with E-state index in [0.29, 0.717) is 4.47 Å². The molecular weight excluding hydrogens is 246 g/mol. The Labute approximate surface area is 78.3 Å². The standard InChI is InChI=1S/C6H6BrNO3S/c7-5-2-1-4(3-6(5)8)12(9,10)11/h1-3H,8H2,(H,9,10,11). The van der Waals surface area contributed by atoms with Gasteiger partial charge in [-0.1, -0.05) is 0 Å². The summed E-state index contributed by atoms with van der Waals surface area (Å²) < 4.78 is 30.4. The number of nitrogens with two attached hydrogens (primary N) is 1. The Hall–Kier alpha value is -0.590. The molecule has 1 rings (SSSR count). The summed E-state index contributed by atoms with van der Waals surface area (Å²) in [7, 11) is -4.14. The van der Waals surface area contributed by atoms with E-state index in [2.05, 4.69) is 15.9 Å². The van der Waals surface area contributed by atoms with Crippen molar-refractivity contribution in [2.24, 2.45) is 0 Å². The van der Waals surface area contributed by atoms with Gasteiger partial charge < -0.3 is 5.73 Å². The SMILES string of the molecule is Nc1cc(S(=O)(=O)O)ccc1Br. The molecule has 0 saturated heterocycles. The topological polar surface area (TPSA) is 80.4 Å². The fourth-order valence-corrected chi connectivity index (χ4v) is 1.44. The highest BCUT2D eigenvalue weighted by Gasteiger charge is 2.09. The van der Waals surface area contributed by atoms with Crippen molar-refractivity contribution >= 4 is 31.7 Å². The molecule has 0 spiro atoms. The van der Waals surface area contributed by atoms with Crippen LogP contribution >= 0.6 is 15.9 Å². The highest BCUT2D eigenvalue weighted by atomic mass is 79.9. The van der Waals surface area contributed by atoms with Crippen LogP contribution in [0.25, 0.3) is 0 Å². The molecule has 1 aromatic rings. The van der Waals surface area contributed by atoms with E-state index in [9.17, 15) is 8.42 Å². The first-order chi connectivity index (χ1) is 5.41. The maximum absolute atomic E-state index is 10.6. The van der Waals surface area contributed by atoms with E-state index in [1.54, 1.807) is 0 Å². The van der Waals surface area contributed by atoms with Crippen LogP contribution in [-0.4, -0.2) is 13.0 Å². The van der Waals surface area contributed by atoms with Gasteiger partial charge in [0, 0.05) is 10.2 Å². The largest absolute Gasteiger partial charge is 0.398 e. The predicted molar refractivity (Wildman–Crippen MR) is 48.4 cm³/mol. The lowest BCUT2D eigenvalue weighted by Gasteiger charge is -1.99. The van der Waals surface area contributed by atoms with Crippen LogP contribution in [0.3, 0.4) is 0 Å². The molecule has 0 amide bonds. The average Bonchev–Trinajstić information content (AvgIpc) is 1.92. The molecule has 0 atom stereocenters. The van der Waals surface area contributed by atoms with E-state index in [1.807, 2.05) is 0 Å². The first kappa shape index (κ1) is 9.50. The number of hydrogen-bond acceptors (Lipinski definition) is 3. The van der Waals surface area contributed by atoms with E-state index in [1.165, 1.54) is 18.2 Å². The Bertz CT molecular complexity index is 401. The van der Waals surface area contributed by atoms with Crippen molar-refractivity contribution in [2.75, 3.05) is 5.73 Å². The third kappa shape index (κ3) is 1.96. The zero-order valence-corrected chi connectivity index (χ0v) is 8.26. The van der Waals surface area contributed by atoms with Crippen molar-refractivity contribution in [3.05, 3.63) is 22.7 Å². The zero-order chi connectivity index (χ0) is 9.35. The number of hydrogen-bond donors (Lipinski definition) is 2. The van der Waals surface area contributed by atoms with Crippen LogP contribution in [0.5, 0.6) is 0 Å². The van der Waals surface area contributed by atoms with E-state index < -0.39 is 10.1 Å². The summed E-state index contributed by atoms with van der Waals surface area (Å²) in [5.41, 5.74) is 5.66. The minimum atomic E-state index is -4.14. The Kier molecular flexibility index (Phi) is 2.41. The second kappa shape index (κ2) is 3.04. The van der Waals surface area contributed by atoms with Gasteiger partial charge in [0.15, 0.2) is 0 Å². The molecule has 0 fully saturated rings. The molecule has 0 saturated carbocycles. The van der Waals surface area contributed by atoms with Crippen LogP contribution < -0.4 is 5.73 Å². The quantitative estimate of drug-likeness (QED) is 0.582. The maximum atomic E-state index is 10.6. The lowest BCUT2D eigenvalue weighted by atomic mass is 10.3. The molecule has 0 radical (unpaired) electrons.